The van der Waals surface area contributed by atoms with Crippen LogP contribution >= 0.6 is 0 Å². The molecule has 6 nitrogen and oxygen atoms in total. The molecule has 0 saturated carbocycles. The minimum atomic E-state index is -1.10. The average Bonchev–Trinajstić information content (AvgIpc) is 2.02. The molecule has 0 aliphatic carbocycles. The lowest BCUT2D eigenvalue weighted by atomic mass is 10.6. The molecule has 0 aliphatic heterocycles. The maximum absolute atomic E-state index is 10.1. The second-order valence-corrected chi connectivity index (χ2v) is 2.36. The van der Waals surface area contributed by atoms with Gasteiger partial charge in [0.2, 0.25) is 0 Å². The third kappa shape index (κ3) is 9.06. The summed E-state index contributed by atoms with van der Waals surface area (Å²) in [4.78, 5) is 10.1. The van der Waals surface area contributed by atoms with E-state index in [0.29, 0.717) is 26.4 Å². The van der Waals surface area contributed by atoms with E-state index in [4.69, 9.17) is 20.3 Å². The van der Waals surface area contributed by atoms with Gasteiger partial charge in [-0.15, -0.1) is 0 Å². The largest absolute Gasteiger partial charge is 0.465 e. The summed E-state index contributed by atoms with van der Waals surface area (Å²) in [5.74, 6) is 0. The van der Waals surface area contributed by atoms with Crippen LogP contribution in [0.3, 0.4) is 0 Å². The lowest BCUT2D eigenvalue weighted by Crippen LogP contribution is -2.34. The summed E-state index contributed by atoms with van der Waals surface area (Å²) in [5.41, 5.74) is 5.18. The molecule has 0 radical (unpaired) electrons. The third-order valence-corrected chi connectivity index (χ3v) is 1.18. The van der Waals surface area contributed by atoms with Crippen LogP contribution in [0.2, 0.25) is 0 Å². The van der Waals surface area contributed by atoms with Crippen molar-refractivity contribution in [2.24, 2.45) is 5.73 Å². The number of amides is 1. The zero-order valence-corrected chi connectivity index (χ0v) is 7.66. The van der Waals surface area contributed by atoms with Gasteiger partial charge in [0.15, 0.2) is 0 Å². The number of hydrogen-bond acceptors (Lipinski definition) is 4. The molecule has 0 saturated heterocycles. The van der Waals surface area contributed by atoms with Crippen LogP contribution in [0.4, 0.5) is 4.79 Å². The van der Waals surface area contributed by atoms with Gasteiger partial charge in [-0.2, -0.15) is 0 Å². The zero-order valence-electron chi connectivity index (χ0n) is 7.66. The van der Waals surface area contributed by atoms with Crippen molar-refractivity contribution in [2.75, 3.05) is 26.4 Å². The van der Waals surface area contributed by atoms with Gasteiger partial charge in [-0.25, -0.2) is 4.79 Å². The van der Waals surface area contributed by atoms with Crippen LogP contribution in [0.15, 0.2) is 0 Å². The summed E-state index contributed by atoms with van der Waals surface area (Å²) >= 11 is 0. The van der Waals surface area contributed by atoms with Crippen molar-refractivity contribution in [1.29, 1.82) is 0 Å². The summed E-state index contributed by atoms with van der Waals surface area (Å²) in [6.45, 7) is 3.34. The molecule has 0 spiro atoms. The number of ether oxygens (including phenoxy) is 2. The number of carbonyl (C=O) groups is 1. The van der Waals surface area contributed by atoms with E-state index < -0.39 is 12.3 Å². The summed E-state index contributed by atoms with van der Waals surface area (Å²) in [5, 5.41) is 10.4. The Bertz CT molecular complexity index is 142. The number of nitrogens with two attached hydrogens (primary N) is 1. The second-order valence-electron chi connectivity index (χ2n) is 2.36. The van der Waals surface area contributed by atoms with Crippen LogP contribution in [0.5, 0.6) is 0 Å². The highest BCUT2D eigenvalue weighted by molar-refractivity contribution is 5.64. The summed E-state index contributed by atoms with van der Waals surface area (Å²) in [6.07, 6.45) is -1.62. The maximum atomic E-state index is 10.1. The van der Waals surface area contributed by atoms with Crippen molar-refractivity contribution < 1.29 is 19.4 Å². The summed E-state index contributed by atoms with van der Waals surface area (Å²) in [6, 6.07) is 0. The van der Waals surface area contributed by atoms with Crippen LogP contribution in [-0.2, 0) is 9.47 Å². The van der Waals surface area contributed by atoms with Crippen molar-refractivity contribution in [2.45, 2.75) is 13.2 Å². The lowest BCUT2D eigenvalue weighted by Gasteiger charge is -2.12. The van der Waals surface area contributed by atoms with Crippen LogP contribution in [-0.4, -0.2) is 43.8 Å². The van der Waals surface area contributed by atoms with E-state index >= 15 is 0 Å². The number of hydrogen-bond donors (Lipinski definition) is 3. The van der Waals surface area contributed by atoms with Gasteiger partial charge in [0.1, 0.15) is 6.23 Å². The predicted octanol–water partition coefficient (Wildman–Crippen LogP) is -0.408. The Morgan fingerprint density at radius 2 is 2.23 bits per heavy atom. The van der Waals surface area contributed by atoms with E-state index in [1.54, 1.807) is 6.92 Å². The fourth-order valence-electron chi connectivity index (χ4n) is 0.685. The van der Waals surface area contributed by atoms with E-state index in [1.165, 1.54) is 0 Å². The molecule has 1 amide bonds. The fourth-order valence-corrected chi connectivity index (χ4v) is 0.685. The Labute approximate surface area is 77.0 Å². The van der Waals surface area contributed by atoms with Gasteiger partial charge >= 0.3 is 6.09 Å². The molecular formula is C7H16N2O4. The van der Waals surface area contributed by atoms with Crippen molar-refractivity contribution in [3.8, 4) is 0 Å². The van der Waals surface area contributed by atoms with Crippen molar-refractivity contribution in [1.82, 2.24) is 5.32 Å². The molecule has 0 aromatic heterocycles. The molecule has 6 heteroatoms. The van der Waals surface area contributed by atoms with E-state index in [-0.39, 0.29) is 0 Å². The van der Waals surface area contributed by atoms with E-state index in [1.807, 2.05) is 0 Å². The first kappa shape index (κ1) is 12.2. The first-order valence-corrected chi connectivity index (χ1v) is 4.05. The maximum Gasteiger partial charge on any atom is 0.406 e. The summed E-state index contributed by atoms with van der Waals surface area (Å²) in [7, 11) is 0. The molecule has 0 bridgehead atoms. The van der Waals surface area contributed by atoms with Gasteiger partial charge in [-0.1, -0.05) is 0 Å². The predicted molar refractivity (Wildman–Crippen MR) is 46.4 cm³/mol. The first-order chi connectivity index (χ1) is 6.16. The lowest BCUT2D eigenvalue weighted by molar-refractivity contribution is 0.00205. The number of carboxylic acid groups (broad SMARTS) is 1. The topological polar surface area (TPSA) is 93.8 Å². The average molecular weight is 192 g/mol. The molecule has 13 heavy (non-hydrogen) atoms. The Morgan fingerprint density at radius 3 is 2.77 bits per heavy atom. The molecule has 78 valence electrons. The quantitative estimate of drug-likeness (QED) is 0.376. The van der Waals surface area contributed by atoms with Crippen LogP contribution in [0.25, 0.3) is 0 Å². The highest BCUT2D eigenvalue weighted by atomic mass is 16.5. The SMILES string of the molecule is CC(NC(=O)O)OCCOCCN. The molecule has 0 aromatic rings. The monoisotopic (exact) mass is 192 g/mol. The molecule has 0 fully saturated rings. The van der Waals surface area contributed by atoms with Crippen LogP contribution < -0.4 is 11.1 Å². The van der Waals surface area contributed by atoms with E-state index in [2.05, 4.69) is 5.32 Å². The zero-order chi connectivity index (χ0) is 10.1. The highest BCUT2D eigenvalue weighted by Gasteiger charge is 2.03. The highest BCUT2D eigenvalue weighted by Crippen LogP contribution is 1.85. The van der Waals surface area contributed by atoms with Crippen molar-refractivity contribution >= 4 is 6.09 Å². The molecule has 1 unspecified atom stereocenters. The van der Waals surface area contributed by atoms with Crippen LogP contribution in [0.1, 0.15) is 6.92 Å². The standard InChI is InChI=1S/C7H16N2O4/c1-6(9-7(10)11)13-5-4-12-3-2-8/h6,9H,2-5,8H2,1H3,(H,10,11). The minimum Gasteiger partial charge on any atom is -0.465 e. The molecule has 0 aliphatic rings. The second kappa shape index (κ2) is 7.78. The minimum absolute atomic E-state index is 0.349. The van der Waals surface area contributed by atoms with Gasteiger partial charge in [-0.05, 0) is 6.92 Å². The smallest absolute Gasteiger partial charge is 0.406 e. The van der Waals surface area contributed by atoms with Gasteiger partial charge in [0.25, 0.3) is 0 Å². The number of rotatable bonds is 7. The molecule has 0 heterocycles. The Kier molecular flexibility index (Phi) is 7.27. The molecule has 1 atom stereocenters. The van der Waals surface area contributed by atoms with Gasteiger partial charge in [0.05, 0.1) is 19.8 Å². The van der Waals surface area contributed by atoms with Gasteiger partial charge < -0.3 is 20.3 Å². The normalized spacial score (nSPS) is 12.5. The Balaban J connectivity index is 3.17. The van der Waals surface area contributed by atoms with E-state index in [9.17, 15) is 4.79 Å². The Morgan fingerprint density at radius 1 is 1.54 bits per heavy atom. The molecular weight excluding hydrogens is 176 g/mol. The van der Waals surface area contributed by atoms with Crippen molar-refractivity contribution in [3.05, 3.63) is 0 Å². The molecule has 0 rings (SSSR count). The van der Waals surface area contributed by atoms with E-state index in [0.717, 1.165) is 0 Å². The summed E-state index contributed by atoms with van der Waals surface area (Å²) < 4.78 is 10.1. The molecule has 0 aromatic carbocycles. The fraction of sp³-hybridized carbons (Fsp3) is 0.857. The third-order valence-electron chi connectivity index (χ3n) is 1.18. The van der Waals surface area contributed by atoms with Gasteiger partial charge in [0, 0.05) is 6.54 Å². The number of nitrogens with one attached hydrogen (secondary N) is 1. The Hall–Kier alpha value is -0.850. The first-order valence-electron chi connectivity index (χ1n) is 4.05. The van der Waals surface area contributed by atoms with Crippen LogP contribution in [0, 0.1) is 0 Å². The van der Waals surface area contributed by atoms with Crippen molar-refractivity contribution in [3.63, 3.8) is 0 Å². The van der Waals surface area contributed by atoms with Gasteiger partial charge in [-0.3, -0.25) is 5.32 Å². The molecule has 4 N–H and O–H groups in total.